The predicted octanol–water partition coefficient (Wildman–Crippen LogP) is 1.88. The van der Waals surface area contributed by atoms with Crippen LogP contribution in [-0.4, -0.2) is 11.0 Å². The summed E-state index contributed by atoms with van der Waals surface area (Å²) < 4.78 is 0. The number of nitrogens with one attached hydrogen (secondary N) is 1. The van der Waals surface area contributed by atoms with Crippen LogP contribution in [0.5, 0.6) is 0 Å². The summed E-state index contributed by atoms with van der Waals surface area (Å²) in [7, 11) is 0. The van der Waals surface area contributed by atoms with Gasteiger partial charge < -0.3 is 16.2 Å². The lowest BCUT2D eigenvalue weighted by Crippen LogP contribution is -2.15. The number of benzene rings is 2. The van der Waals surface area contributed by atoms with Crippen molar-refractivity contribution >= 4 is 5.91 Å². The number of rotatable bonds is 6. The third-order valence-corrected chi connectivity index (χ3v) is 3.48. The highest BCUT2D eigenvalue weighted by Gasteiger charge is 2.04. The topological polar surface area (TPSA) is 75.4 Å². The van der Waals surface area contributed by atoms with E-state index >= 15 is 0 Å². The van der Waals surface area contributed by atoms with Crippen molar-refractivity contribution in [1.82, 2.24) is 5.32 Å². The van der Waals surface area contributed by atoms with Crippen molar-refractivity contribution in [1.29, 1.82) is 0 Å². The zero-order chi connectivity index (χ0) is 15.2. The van der Waals surface area contributed by atoms with Gasteiger partial charge >= 0.3 is 0 Å². The Morgan fingerprint density at radius 3 is 2.33 bits per heavy atom. The van der Waals surface area contributed by atoms with E-state index in [9.17, 15) is 4.79 Å². The van der Waals surface area contributed by atoms with E-state index in [2.05, 4.69) is 5.32 Å². The van der Waals surface area contributed by atoms with Gasteiger partial charge in [-0.05, 0) is 41.3 Å². The number of amides is 1. The van der Waals surface area contributed by atoms with Gasteiger partial charge in [-0.3, -0.25) is 4.79 Å². The van der Waals surface area contributed by atoms with E-state index in [4.69, 9.17) is 10.8 Å². The fourth-order valence-electron chi connectivity index (χ4n) is 2.15. The Morgan fingerprint density at radius 1 is 1.10 bits per heavy atom. The van der Waals surface area contributed by atoms with Crippen LogP contribution >= 0.6 is 0 Å². The molecule has 0 aliphatic rings. The molecule has 0 unspecified atom stereocenters. The quantitative estimate of drug-likeness (QED) is 0.758. The Balaban J connectivity index is 1.92. The van der Waals surface area contributed by atoms with Crippen LogP contribution in [0.4, 0.5) is 0 Å². The van der Waals surface area contributed by atoms with Gasteiger partial charge in [0.2, 0.25) is 5.91 Å². The van der Waals surface area contributed by atoms with E-state index in [1.165, 1.54) is 5.56 Å². The first-order valence-electron chi connectivity index (χ1n) is 6.89. The highest BCUT2D eigenvalue weighted by Crippen LogP contribution is 2.11. The van der Waals surface area contributed by atoms with Crippen LogP contribution in [0.15, 0.2) is 42.5 Å². The number of aliphatic hydroxyl groups is 1. The Morgan fingerprint density at radius 2 is 1.76 bits per heavy atom. The maximum absolute atomic E-state index is 11.1. The van der Waals surface area contributed by atoms with Crippen LogP contribution in [-0.2, 0) is 19.7 Å². The number of hydrogen-bond donors (Lipinski definition) is 3. The maximum atomic E-state index is 11.1. The molecule has 0 radical (unpaired) electrons. The molecule has 1 amide bonds. The van der Waals surface area contributed by atoms with Crippen molar-refractivity contribution in [3.8, 4) is 0 Å². The summed E-state index contributed by atoms with van der Waals surface area (Å²) in [5, 5.41) is 12.4. The zero-order valence-corrected chi connectivity index (χ0v) is 12.1. The van der Waals surface area contributed by atoms with Crippen LogP contribution in [0.25, 0.3) is 0 Å². The molecule has 4 nitrogen and oxygen atoms in total. The van der Waals surface area contributed by atoms with Crippen LogP contribution < -0.4 is 11.1 Å². The molecular formula is C17H20N2O2. The molecule has 4 heteroatoms. The first-order valence-corrected chi connectivity index (χ1v) is 6.89. The summed E-state index contributed by atoms with van der Waals surface area (Å²) in [6, 6.07) is 13.3. The largest absolute Gasteiger partial charge is 0.392 e. The fraction of sp³-hybridized carbons (Fsp3) is 0.235. The summed E-state index contributed by atoms with van der Waals surface area (Å²) in [5.74, 6) is -0.401. The van der Waals surface area contributed by atoms with E-state index in [0.717, 1.165) is 29.8 Å². The molecule has 2 rings (SSSR count). The second-order valence-corrected chi connectivity index (χ2v) is 5.08. The normalized spacial score (nSPS) is 10.6. The van der Waals surface area contributed by atoms with Crippen molar-refractivity contribution in [2.24, 2.45) is 5.73 Å². The van der Waals surface area contributed by atoms with Crippen molar-refractivity contribution in [3.63, 3.8) is 0 Å². The molecule has 2 aromatic rings. The Bertz CT molecular complexity index is 621. The summed E-state index contributed by atoms with van der Waals surface area (Å²) >= 11 is 0. The summed E-state index contributed by atoms with van der Waals surface area (Å²) in [5.41, 5.74) is 10.1. The third-order valence-electron chi connectivity index (χ3n) is 3.48. The predicted molar refractivity (Wildman–Crippen MR) is 82.6 cm³/mol. The molecule has 0 aliphatic carbocycles. The molecule has 0 spiro atoms. The van der Waals surface area contributed by atoms with Gasteiger partial charge in [-0.1, -0.05) is 30.3 Å². The number of hydrogen-bond acceptors (Lipinski definition) is 3. The molecule has 0 heterocycles. The van der Waals surface area contributed by atoms with Gasteiger partial charge in [0.25, 0.3) is 0 Å². The minimum absolute atomic E-state index is 0.0686. The van der Waals surface area contributed by atoms with Gasteiger partial charge in [-0.15, -0.1) is 0 Å². The number of nitrogens with two attached hydrogens (primary N) is 1. The molecule has 0 fully saturated rings. The van der Waals surface area contributed by atoms with Crippen molar-refractivity contribution in [2.45, 2.75) is 26.6 Å². The molecule has 0 aromatic heterocycles. The fourth-order valence-corrected chi connectivity index (χ4v) is 2.15. The molecule has 2 aromatic carbocycles. The van der Waals surface area contributed by atoms with Crippen LogP contribution in [0, 0.1) is 6.92 Å². The summed E-state index contributed by atoms with van der Waals surface area (Å²) in [4.78, 5) is 11.1. The van der Waals surface area contributed by atoms with Crippen LogP contribution in [0.1, 0.15) is 32.6 Å². The Labute approximate surface area is 124 Å². The summed E-state index contributed by atoms with van der Waals surface area (Å²) in [6.45, 7) is 3.52. The molecule has 110 valence electrons. The standard InChI is InChI=1S/C17H20N2O2/c1-12-8-15(17(18)21)6-7-16(12)10-19-9-13-2-4-14(11-20)5-3-13/h2-8,19-20H,9-11H2,1H3,(H2,18,21). The first-order chi connectivity index (χ1) is 10.1. The minimum atomic E-state index is -0.401. The van der Waals surface area contributed by atoms with E-state index in [0.29, 0.717) is 5.56 Å². The van der Waals surface area contributed by atoms with Crippen LogP contribution in [0.3, 0.4) is 0 Å². The zero-order valence-electron chi connectivity index (χ0n) is 12.1. The average Bonchev–Trinajstić information content (AvgIpc) is 2.49. The van der Waals surface area contributed by atoms with Crippen molar-refractivity contribution in [2.75, 3.05) is 0 Å². The molecule has 0 saturated heterocycles. The molecule has 0 atom stereocenters. The summed E-state index contributed by atoms with van der Waals surface area (Å²) in [6.07, 6.45) is 0. The molecule has 0 bridgehead atoms. The number of aliphatic hydroxyl groups excluding tert-OH is 1. The van der Waals surface area contributed by atoms with Gasteiger partial charge in [0, 0.05) is 18.7 Å². The molecule has 4 N–H and O–H groups in total. The number of carbonyl (C=O) groups is 1. The van der Waals surface area contributed by atoms with Crippen molar-refractivity contribution in [3.05, 3.63) is 70.3 Å². The first kappa shape index (κ1) is 15.2. The lowest BCUT2D eigenvalue weighted by atomic mass is 10.0. The van der Waals surface area contributed by atoms with Crippen LogP contribution in [0.2, 0.25) is 0 Å². The second-order valence-electron chi connectivity index (χ2n) is 5.08. The number of primary amides is 1. The highest BCUT2D eigenvalue weighted by atomic mass is 16.3. The van der Waals surface area contributed by atoms with Crippen molar-refractivity contribution < 1.29 is 9.90 Å². The van der Waals surface area contributed by atoms with E-state index < -0.39 is 5.91 Å². The van der Waals surface area contributed by atoms with Gasteiger partial charge in [0.05, 0.1) is 6.61 Å². The molecular weight excluding hydrogens is 264 g/mol. The molecule has 21 heavy (non-hydrogen) atoms. The average molecular weight is 284 g/mol. The van der Waals surface area contributed by atoms with E-state index in [1.807, 2.05) is 43.3 Å². The molecule has 0 aliphatic heterocycles. The van der Waals surface area contributed by atoms with Gasteiger partial charge in [-0.25, -0.2) is 0 Å². The molecule has 0 saturated carbocycles. The van der Waals surface area contributed by atoms with Gasteiger partial charge in [0.1, 0.15) is 0 Å². The minimum Gasteiger partial charge on any atom is -0.392 e. The van der Waals surface area contributed by atoms with Gasteiger partial charge in [-0.2, -0.15) is 0 Å². The SMILES string of the molecule is Cc1cc(C(N)=O)ccc1CNCc1ccc(CO)cc1. The highest BCUT2D eigenvalue weighted by molar-refractivity contribution is 5.93. The smallest absolute Gasteiger partial charge is 0.248 e. The van der Waals surface area contributed by atoms with E-state index in [-0.39, 0.29) is 6.61 Å². The lowest BCUT2D eigenvalue weighted by molar-refractivity contribution is 0.1000. The Kier molecular flexibility index (Phi) is 5.09. The number of carbonyl (C=O) groups excluding carboxylic acids is 1. The third kappa shape index (κ3) is 4.15. The second kappa shape index (κ2) is 7.02. The number of aryl methyl sites for hydroxylation is 1. The Hall–Kier alpha value is -2.17. The lowest BCUT2D eigenvalue weighted by Gasteiger charge is -2.09. The maximum Gasteiger partial charge on any atom is 0.248 e. The monoisotopic (exact) mass is 284 g/mol. The van der Waals surface area contributed by atoms with Gasteiger partial charge in [0.15, 0.2) is 0 Å². The van der Waals surface area contributed by atoms with E-state index in [1.54, 1.807) is 6.07 Å².